The van der Waals surface area contributed by atoms with Crippen molar-refractivity contribution in [2.45, 2.75) is 31.3 Å². The lowest BCUT2D eigenvalue weighted by atomic mass is 9.93. The number of likely N-dealkylation sites (N-methyl/N-ethyl adjacent to an activating group) is 1. The zero-order chi connectivity index (χ0) is 10.7. The van der Waals surface area contributed by atoms with E-state index < -0.39 is 0 Å². The van der Waals surface area contributed by atoms with Gasteiger partial charge in [-0.25, -0.2) is 0 Å². The molecule has 1 aliphatic rings. The molecular weight excluding hydrogens is 188 g/mol. The molecule has 3 nitrogen and oxygen atoms in total. The Morgan fingerprint density at radius 3 is 2.80 bits per heavy atom. The molecule has 3 heteroatoms. The van der Waals surface area contributed by atoms with Crippen LogP contribution in [-0.2, 0) is 0 Å². The van der Waals surface area contributed by atoms with Crippen LogP contribution in [0.5, 0.6) is 0 Å². The molecule has 0 bridgehead atoms. The van der Waals surface area contributed by atoms with Gasteiger partial charge in [-0.2, -0.15) is 0 Å². The van der Waals surface area contributed by atoms with Crippen molar-refractivity contribution in [2.24, 2.45) is 0 Å². The maximum absolute atomic E-state index is 5.46. The Morgan fingerprint density at radius 1 is 1.53 bits per heavy atom. The van der Waals surface area contributed by atoms with Crippen molar-refractivity contribution >= 4 is 0 Å². The van der Waals surface area contributed by atoms with E-state index in [9.17, 15) is 0 Å². The summed E-state index contributed by atoms with van der Waals surface area (Å²) in [5, 5.41) is 3.59. The molecule has 1 heterocycles. The first-order valence-corrected chi connectivity index (χ1v) is 5.70. The molecule has 2 rings (SSSR count). The van der Waals surface area contributed by atoms with Gasteiger partial charge in [0.25, 0.3) is 0 Å². The average molecular weight is 208 g/mol. The average Bonchev–Trinajstić information content (AvgIpc) is 2.61. The second kappa shape index (κ2) is 4.81. The smallest absolute Gasteiger partial charge is 0.122 e. The molecule has 0 spiro atoms. The van der Waals surface area contributed by atoms with Gasteiger partial charge in [0.05, 0.1) is 12.3 Å². The number of furan rings is 1. The lowest BCUT2D eigenvalue weighted by Gasteiger charge is -2.30. The minimum absolute atomic E-state index is 0.348. The summed E-state index contributed by atoms with van der Waals surface area (Å²) in [5.41, 5.74) is 0. The molecule has 1 atom stereocenters. The Hall–Kier alpha value is -0.800. The summed E-state index contributed by atoms with van der Waals surface area (Å²) in [6, 6.07) is 5.09. The maximum Gasteiger partial charge on any atom is 0.122 e. The van der Waals surface area contributed by atoms with Gasteiger partial charge in [-0.15, -0.1) is 0 Å². The Balaban J connectivity index is 1.88. The molecule has 0 aliphatic heterocycles. The Bertz CT molecular complexity index is 278. The molecule has 1 unspecified atom stereocenters. The van der Waals surface area contributed by atoms with Crippen molar-refractivity contribution in [1.29, 1.82) is 0 Å². The summed E-state index contributed by atoms with van der Waals surface area (Å²) >= 11 is 0. The van der Waals surface area contributed by atoms with Gasteiger partial charge in [-0.1, -0.05) is 6.42 Å². The highest BCUT2D eigenvalue weighted by Crippen LogP contribution is 2.21. The maximum atomic E-state index is 5.46. The van der Waals surface area contributed by atoms with E-state index in [-0.39, 0.29) is 0 Å². The molecule has 0 amide bonds. The predicted octanol–water partition coefficient (Wildman–Crippen LogP) is 2.02. The number of hydrogen-bond acceptors (Lipinski definition) is 3. The van der Waals surface area contributed by atoms with Crippen molar-refractivity contribution in [2.75, 3.05) is 20.6 Å². The van der Waals surface area contributed by atoms with Crippen molar-refractivity contribution in [3.8, 4) is 0 Å². The summed E-state index contributed by atoms with van der Waals surface area (Å²) in [6.45, 7) is 0.977. The van der Waals surface area contributed by atoms with Crippen molar-refractivity contribution < 1.29 is 4.42 Å². The van der Waals surface area contributed by atoms with E-state index in [1.54, 1.807) is 6.26 Å². The summed E-state index contributed by atoms with van der Waals surface area (Å²) in [7, 11) is 4.19. The van der Waals surface area contributed by atoms with Gasteiger partial charge >= 0.3 is 0 Å². The first kappa shape index (κ1) is 10.7. The Labute approximate surface area is 91.4 Å². The third kappa shape index (κ3) is 2.61. The van der Waals surface area contributed by atoms with Crippen molar-refractivity contribution in [1.82, 2.24) is 10.2 Å². The fourth-order valence-electron chi connectivity index (χ4n) is 1.91. The first-order chi connectivity index (χ1) is 7.27. The van der Waals surface area contributed by atoms with Gasteiger partial charge in [-0.3, -0.25) is 4.90 Å². The molecule has 1 aromatic heterocycles. The molecule has 15 heavy (non-hydrogen) atoms. The summed E-state index contributed by atoms with van der Waals surface area (Å²) in [4.78, 5) is 2.20. The van der Waals surface area contributed by atoms with Crippen molar-refractivity contribution in [3.63, 3.8) is 0 Å². The Morgan fingerprint density at radius 2 is 2.33 bits per heavy atom. The number of nitrogens with zero attached hydrogens (tertiary/aromatic N) is 1. The van der Waals surface area contributed by atoms with E-state index in [0.717, 1.165) is 18.3 Å². The lowest BCUT2D eigenvalue weighted by molar-refractivity contribution is 0.227. The molecule has 0 aromatic carbocycles. The fourth-order valence-corrected chi connectivity index (χ4v) is 1.91. The third-order valence-corrected chi connectivity index (χ3v) is 3.20. The van der Waals surface area contributed by atoms with Gasteiger partial charge in [0, 0.05) is 12.6 Å². The van der Waals surface area contributed by atoms with Crippen molar-refractivity contribution in [3.05, 3.63) is 24.2 Å². The topological polar surface area (TPSA) is 28.4 Å². The highest BCUT2D eigenvalue weighted by molar-refractivity contribution is 5.05. The molecule has 0 radical (unpaired) electrons. The molecule has 1 aromatic rings. The Kier molecular flexibility index (Phi) is 3.44. The molecular formula is C12H20N2O. The van der Waals surface area contributed by atoms with Crippen LogP contribution in [0.1, 0.15) is 31.1 Å². The summed E-state index contributed by atoms with van der Waals surface area (Å²) < 4.78 is 5.46. The standard InChI is InChI=1S/C12H20N2O/c1-14(2)11(12-7-4-8-15-12)9-13-10-5-3-6-10/h4,7-8,10-11,13H,3,5-6,9H2,1-2H3. The quantitative estimate of drug-likeness (QED) is 0.802. The van der Waals surface area contributed by atoms with Gasteiger partial charge in [0.15, 0.2) is 0 Å². The van der Waals surface area contributed by atoms with Crippen LogP contribution in [0.15, 0.2) is 22.8 Å². The van der Waals surface area contributed by atoms with Crippen LogP contribution >= 0.6 is 0 Å². The van der Waals surface area contributed by atoms with Gasteiger partial charge in [-0.05, 0) is 39.1 Å². The van der Waals surface area contributed by atoms with Gasteiger partial charge < -0.3 is 9.73 Å². The predicted molar refractivity (Wildman–Crippen MR) is 60.8 cm³/mol. The highest BCUT2D eigenvalue weighted by Gasteiger charge is 2.21. The van der Waals surface area contributed by atoms with Crippen LogP contribution in [0.3, 0.4) is 0 Å². The van der Waals surface area contributed by atoms with Crippen LogP contribution in [-0.4, -0.2) is 31.6 Å². The molecule has 1 saturated carbocycles. The zero-order valence-corrected chi connectivity index (χ0v) is 9.57. The number of hydrogen-bond donors (Lipinski definition) is 1. The summed E-state index contributed by atoms with van der Waals surface area (Å²) in [6.07, 6.45) is 5.79. The summed E-state index contributed by atoms with van der Waals surface area (Å²) in [5.74, 6) is 1.05. The van der Waals surface area contributed by atoms with Crippen LogP contribution in [0.2, 0.25) is 0 Å². The third-order valence-electron chi connectivity index (χ3n) is 3.20. The zero-order valence-electron chi connectivity index (χ0n) is 9.57. The normalized spacial score (nSPS) is 19.1. The molecule has 1 N–H and O–H groups in total. The lowest BCUT2D eigenvalue weighted by Crippen LogP contribution is -2.40. The van der Waals surface area contributed by atoms with E-state index in [0.29, 0.717) is 6.04 Å². The second-order valence-electron chi connectivity index (χ2n) is 4.53. The highest BCUT2D eigenvalue weighted by atomic mass is 16.3. The van der Waals surface area contributed by atoms with Crippen LogP contribution in [0, 0.1) is 0 Å². The van der Waals surface area contributed by atoms with E-state index >= 15 is 0 Å². The fraction of sp³-hybridized carbons (Fsp3) is 0.667. The van der Waals surface area contributed by atoms with Gasteiger partial charge in [0.1, 0.15) is 5.76 Å². The number of nitrogens with one attached hydrogen (secondary N) is 1. The van der Waals surface area contributed by atoms with E-state index in [1.807, 2.05) is 12.1 Å². The van der Waals surface area contributed by atoms with Crippen LogP contribution < -0.4 is 5.32 Å². The molecule has 1 fully saturated rings. The van der Waals surface area contributed by atoms with E-state index in [4.69, 9.17) is 4.42 Å². The van der Waals surface area contributed by atoms with E-state index in [1.165, 1.54) is 19.3 Å². The van der Waals surface area contributed by atoms with Gasteiger partial charge in [0.2, 0.25) is 0 Å². The number of rotatable bonds is 5. The first-order valence-electron chi connectivity index (χ1n) is 5.70. The molecule has 84 valence electrons. The molecule has 1 aliphatic carbocycles. The minimum atomic E-state index is 0.348. The second-order valence-corrected chi connectivity index (χ2v) is 4.53. The monoisotopic (exact) mass is 208 g/mol. The van der Waals surface area contributed by atoms with Crippen LogP contribution in [0.4, 0.5) is 0 Å². The molecule has 0 saturated heterocycles. The largest absolute Gasteiger partial charge is 0.468 e. The van der Waals surface area contributed by atoms with Crippen LogP contribution in [0.25, 0.3) is 0 Å². The van der Waals surface area contributed by atoms with E-state index in [2.05, 4.69) is 24.3 Å². The minimum Gasteiger partial charge on any atom is -0.468 e. The SMILES string of the molecule is CN(C)C(CNC1CCC1)c1ccco1.